The van der Waals surface area contributed by atoms with E-state index >= 15 is 0 Å². The summed E-state index contributed by atoms with van der Waals surface area (Å²) < 4.78 is 0. The maximum absolute atomic E-state index is 9.94. The van der Waals surface area contributed by atoms with E-state index in [4.69, 9.17) is 0 Å². The molecular formula is C13H18OS. The molecule has 1 saturated carbocycles. The summed E-state index contributed by atoms with van der Waals surface area (Å²) in [4.78, 5) is 1.30. The summed E-state index contributed by atoms with van der Waals surface area (Å²) in [6, 6.07) is 8.65. The third-order valence-corrected chi connectivity index (χ3v) is 4.02. The van der Waals surface area contributed by atoms with E-state index in [1.165, 1.54) is 23.3 Å². The second-order valence-electron chi connectivity index (χ2n) is 4.23. The van der Waals surface area contributed by atoms with Gasteiger partial charge in [-0.05, 0) is 36.8 Å². The Bertz CT molecular complexity index is 307. The Labute approximate surface area is 95.9 Å². The van der Waals surface area contributed by atoms with Crippen LogP contribution in [0.2, 0.25) is 0 Å². The molecule has 2 atom stereocenters. The van der Waals surface area contributed by atoms with Gasteiger partial charge in [0, 0.05) is 10.8 Å². The Morgan fingerprint density at radius 2 is 1.80 bits per heavy atom. The van der Waals surface area contributed by atoms with Gasteiger partial charge in [-0.25, -0.2) is 0 Å². The zero-order chi connectivity index (χ0) is 10.7. The Hall–Kier alpha value is -0.470. The zero-order valence-corrected chi connectivity index (χ0v) is 9.96. The largest absolute Gasteiger partial charge is 0.392 e. The number of benzene rings is 1. The van der Waals surface area contributed by atoms with Crippen LogP contribution in [0.1, 0.15) is 37.2 Å². The summed E-state index contributed by atoms with van der Waals surface area (Å²) in [7, 11) is 0. The van der Waals surface area contributed by atoms with E-state index in [0.29, 0.717) is 5.92 Å². The van der Waals surface area contributed by atoms with Crippen molar-refractivity contribution in [1.29, 1.82) is 0 Å². The molecule has 0 aliphatic heterocycles. The fourth-order valence-corrected chi connectivity index (χ4v) is 2.76. The van der Waals surface area contributed by atoms with Crippen LogP contribution in [0.25, 0.3) is 0 Å². The van der Waals surface area contributed by atoms with Gasteiger partial charge in [-0.3, -0.25) is 0 Å². The van der Waals surface area contributed by atoms with Crippen LogP contribution in [0.3, 0.4) is 0 Å². The van der Waals surface area contributed by atoms with E-state index < -0.39 is 0 Å². The topological polar surface area (TPSA) is 20.2 Å². The Morgan fingerprint density at radius 1 is 1.13 bits per heavy atom. The first-order valence-corrected chi connectivity index (χ1v) is 6.86. The van der Waals surface area contributed by atoms with Crippen molar-refractivity contribution in [3.63, 3.8) is 0 Å². The van der Waals surface area contributed by atoms with Crippen LogP contribution >= 0.6 is 11.8 Å². The van der Waals surface area contributed by atoms with Crippen molar-refractivity contribution in [1.82, 2.24) is 0 Å². The predicted molar refractivity (Wildman–Crippen MR) is 65.4 cm³/mol. The number of hydrogen-bond acceptors (Lipinski definition) is 2. The van der Waals surface area contributed by atoms with Gasteiger partial charge in [0.1, 0.15) is 0 Å². The predicted octanol–water partition coefficient (Wildman–Crippen LogP) is 3.43. The molecule has 82 valence electrons. The molecule has 2 heteroatoms. The first-order valence-electron chi connectivity index (χ1n) is 5.63. The molecule has 0 amide bonds. The van der Waals surface area contributed by atoms with E-state index in [-0.39, 0.29) is 6.10 Å². The van der Waals surface area contributed by atoms with Gasteiger partial charge in [0.05, 0.1) is 6.10 Å². The lowest BCUT2D eigenvalue weighted by Gasteiger charge is -2.27. The molecule has 0 bridgehead atoms. The molecular weight excluding hydrogens is 204 g/mol. The Morgan fingerprint density at radius 3 is 2.40 bits per heavy atom. The van der Waals surface area contributed by atoms with E-state index in [1.54, 1.807) is 11.8 Å². The van der Waals surface area contributed by atoms with E-state index in [9.17, 15) is 5.11 Å². The average Bonchev–Trinajstić information content (AvgIpc) is 2.30. The van der Waals surface area contributed by atoms with Gasteiger partial charge >= 0.3 is 0 Å². The fraction of sp³-hybridized carbons (Fsp3) is 0.538. The minimum atomic E-state index is -0.126. The van der Waals surface area contributed by atoms with Crippen molar-refractivity contribution in [3.05, 3.63) is 29.8 Å². The highest BCUT2D eigenvalue weighted by Crippen LogP contribution is 2.33. The number of hydrogen-bond donors (Lipinski definition) is 1. The normalized spacial score (nSPS) is 26.5. The molecule has 0 aromatic heterocycles. The second-order valence-corrected chi connectivity index (χ2v) is 5.11. The molecule has 2 rings (SSSR count). The van der Waals surface area contributed by atoms with Gasteiger partial charge in [-0.1, -0.05) is 25.0 Å². The number of thioether (sulfide) groups is 1. The van der Waals surface area contributed by atoms with Crippen LogP contribution < -0.4 is 0 Å². The third kappa shape index (κ3) is 2.56. The van der Waals surface area contributed by atoms with Gasteiger partial charge < -0.3 is 5.11 Å². The number of rotatable bonds is 2. The molecule has 1 fully saturated rings. The molecule has 15 heavy (non-hydrogen) atoms. The molecule has 1 aromatic carbocycles. The first kappa shape index (κ1) is 11.0. The van der Waals surface area contributed by atoms with Crippen LogP contribution in [-0.2, 0) is 0 Å². The summed E-state index contributed by atoms with van der Waals surface area (Å²) in [5.74, 6) is 0.370. The molecule has 1 aromatic rings. The zero-order valence-electron chi connectivity index (χ0n) is 9.15. The SMILES string of the molecule is CSc1ccc([C@@H]2CCCC[C@H]2O)cc1. The van der Waals surface area contributed by atoms with E-state index in [1.807, 2.05) is 0 Å². The van der Waals surface area contributed by atoms with Gasteiger partial charge in [-0.2, -0.15) is 0 Å². The maximum Gasteiger partial charge on any atom is 0.0608 e. The molecule has 0 saturated heterocycles. The van der Waals surface area contributed by atoms with Crippen LogP contribution in [0.15, 0.2) is 29.2 Å². The standard InChI is InChI=1S/C13H18OS/c1-15-11-8-6-10(7-9-11)12-4-2-3-5-13(12)14/h6-9,12-14H,2-5H2,1H3/t12-,13+/m0/s1. The summed E-state index contributed by atoms with van der Waals surface area (Å²) in [5.41, 5.74) is 1.31. The van der Waals surface area contributed by atoms with Gasteiger partial charge in [0.2, 0.25) is 0 Å². The molecule has 0 heterocycles. The van der Waals surface area contributed by atoms with Crippen LogP contribution in [0, 0.1) is 0 Å². The monoisotopic (exact) mass is 222 g/mol. The van der Waals surface area contributed by atoms with E-state index in [0.717, 1.165) is 12.8 Å². The molecule has 1 aliphatic rings. The van der Waals surface area contributed by atoms with Crippen LogP contribution in [0.4, 0.5) is 0 Å². The summed E-state index contributed by atoms with van der Waals surface area (Å²) in [6.45, 7) is 0. The highest BCUT2D eigenvalue weighted by molar-refractivity contribution is 7.98. The maximum atomic E-state index is 9.94. The summed E-state index contributed by atoms with van der Waals surface area (Å²) in [5, 5.41) is 9.94. The summed E-state index contributed by atoms with van der Waals surface area (Å²) >= 11 is 1.76. The number of aliphatic hydroxyl groups is 1. The summed E-state index contributed by atoms with van der Waals surface area (Å²) in [6.07, 6.45) is 6.50. The van der Waals surface area contributed by atoms with Crippen LogP contribution in [0.5, 0.6) is 0 Å². The van der Waals surface area contributed by atoms with Gasteiger partial charge in [0.25, 0.3) is 0 Å². The third-order valence-electron chi connectivity index (χ3n) is 3.27. The highest BCUT2D eigenvalue weighted by atomic mass is 32.2. The van der Waals surface area contributed by atoms with Crippen LogP contribution in [-0.4, -0.2) is 17.5 Å². The van der Waals surface area contributed by atoms with Crippen molar-refractivity contribution in [2.24, 2.45) is 0 Å². The van der Waals surface area contributed by atoms with Crippen molar-refractivity contribution < 1.29 is 5.11 Å². The lowest BCUT2D eigenvalue weighted by atomic mass is 9.82. The molecule has 1 nitrogen and oxygen atoms in total. The smallest absolute Gasteiger partial charge is 0.0608 e. The molecule has 1 N–H and O–H groups in total. The van der Waals surface area contributed by atoms with Gasteiger partial charge in [-0.15, -0.1) is 11.8 Å². The Kier molecular flexibility index (Phi) is 3.71. The molecule has 0 radical (unpaired) electrons. The second kappa shape index (κ2) is 5.04. The van der Waals surface area contributed by atoms with Crippen molar-refractivity contribution >= 4 is 11.8 Å². The lowest BCUT2D eigenvalue weighted by molar-refractivity contribution is 0.106. The first-order chi connectivity index (χ1) is 7.31. The fourth-order valence-electron chi connectivity index (χ4n) is 2.35. The van der Waals surface area contributed by atoms with Crippen molar-refractivity contribution in [3.8, 4) is 0 Å². The van der Waals surface area contributed by atoms with Crippen molar-refractivity contribution in [2.45, 2.75) is 42.6 Å². The highest BCUT2D eigenvalue weighted by Gasteiger charge is 2.24. The molecule has 0 spiro atoms. The lowest BCUT2D eigenvalue weighted by Crippen LogP contribution is -2.22. The quantitative estimate of drug-likeness (QED) is 0.774. The Balaban J connectivity index is 2.13. The minimum Gasteiger partial charge on any atom is -0.392 e. The average molecular weight is 222 g/mol. The minimum absolute atomic E-state index is 0.126. The van der Waals surface area contributed by atoms with Gasteiger partial charge in [0.15, 0.2) is 0 Å². The molecule has 0 unspecified atom stereocenters. The van der Waals surface area contributed by atoms with E-state index in [2.05, 4.69) is 30.5 Å². The molecule has 1 aliphatic carbocycles. The number of aliphatic hydroxyl groups excluding tert-OH is 1. The van der Waals surface area contributed by atoms with Crippen molar-refractivity contribution in [2.75, 3.05) is 6.26 Å².